The van der Waals surface area contributed by atoms with Gasteiger partial charge in [0.2, 0.25) is 10.0 Å². The Morgan fingerprint density at radius 2 is 2.00 bits per heavy atom. The summed E-state index contributed by atoms with van der Waals surface area (Å²) in [5.41, 5.74) is 0.971. The van der Waals surface area contributed by atoms with Crippen LogP contribution in [0.1, 0.15) is 16.5 Å². The van der Waals surface area contributed by atoms with Crippen molar-refractivity contribution >= 4 is 21.4 Å². The number of hydrogen-bond acceptors (Lipinski definition) is 5. The fourth-order valence-electron chi connectivity index (χ4n) is 2.83. The predicted molar refractivity (Wildman–Crippen MR) is 91.4 cm³/mol. The third-order valence-electron chi connectivity index (χ3n) is 4.09. The molecule has 5 nitrogen and oxygen atoms in total. The Morgan fingerprint density at radius 1 is 1.26 bits per heavy atom. The monoisotopic (exact) mass is 352 g/mol. The van der Waals surface area contributed by atoms with Crippen molar-refractivity contribution in [2.75, 3.05) is 20.7 Å². The zero-order valence-electron chi connectivity index (χ0n) is 13.1. The normalized spacial score (nSPS) is 22.7. The minimum absolute atomic E-state index is 0.181. The molecule has 1 aliphatic rings. The zero-order valence-corrected chi connectivity index (χ0v) is 14.8. The molecule has 0 N–H and O–H groups in total. The molecule has 7 heteroatoms. The van der Waals surface area contributed by atoms with Crippen LogP contribution < -0.4 is 0 Å². The van der Waals surface area contributed by atoms with Gasteiger partial charge in [-0.2, -0.15) is 5.06 Å². The maximum Gasteiger partial charge on any atom is 0.221 e. The molecule has 1 aromatic carbocycles. The smallest absolute Gasteiger partial charge is 0.221 e. The van der Waals surface area contributed by atoms with Crippen molar-refractivity contribution in [3.8, 4) is 0 Å². The highest BCUT2D eigenvalue weighted by atomic mass is 32.2. The molecule has 124 valence electrons. The molecule has 1 fully saturated rings. The second-order valence-electron chi connectivity index (χ2n) is 5.63. The van der Waals surface area contributed by atoms with Crippen molar-refractivity contribution in [1.29, 1.82) is 0 Å². The molecule has 2 atom stereocenters. The van der Waals surface area contributed by atoms with E-state index in [1.807, 2.05) is 47.8 Å². The highest BCUT2D eigenvalue weighted by Crippen LogP contribution is 2.36. The molecule has 0 saturated carbocycles. The van der Waals surface area contributed by atoms with Crippen LogP contribution in [0, 0.1) is 0 Å². The number of sulfonamides is 1. The minimum Gasteiger partial charge on any atom is -0.297 e. The molecule has 2 unspecified atom stereocenters. The summed E-state index contributed by atoms with van der Waals surface area (Å²) < 4.78 is 27.5. The molecule has 1 aromatic heterocycles. The molecular formula is C16H20N2O3S2. The van der Waals surface area contributed by atoms with E-state index in [1.54, 1.807) is 30.5 Å². The lowest BCUT2D eigenvalue weighted by Crippen LogP contribution is -2.40. The van der Waals surface area contributed by atoms with Crippen molar-refractivity contribution < 1.29 is 13.3 Å². The molecule has 0 radical (unpaired) electrons. The number of benzene rings is 1. The Balaban J connectivity index is 1.83. The first-order valence-corrected chi connectivity index (χ1v) is 9.76. The van der Waals surface area contributed by atoms with Crippen molar-refractivity contribution in [2.45, 2.75) is 17.8 Å². The summed E-state index contributed by atoms with van der Waals surface area (Å²) in [4.78, 5) is 6.53. The molecule has 23 heavy (non-hydrogen) atoms. The Hall–Kier alpha value is -1.25. The standard InChI is InChI=1S/C16H20N2O3S2/c1-17(11-13-7-4-3-5-8-13)23(19,20)15-12-21-18(2)16(15)14-9-6-10-22-14/h3-10,15-16H,11-12H2,1-2H3. The lowest BCUT2D eigenvalue weighted by molar-refractivity contribution is -0.110. The van der Waals surface area contributed by atoms with Crippen LogP contribution in [0.5, 0.6) is 0 Å². The fraction of sp³-hybridized carbons (Fsp3) is 0.375. The molecule has 0 spiro atoms. The van der Waals surface area contributed by atoms with E-state index >= 15 is 0 Å². The average molecular weight is 352 g/mol. The topological polar surface area (TPSA) is 49.9 Å². The van der Waals surface area contributed by atoms with Crippen LogP contribution in [-0.4, -0.2) is 43.7 Å². The van der Waals surface area contributed by atoms with Gasteiger partial charge >= 0.3 is 0 Å². The molecule has 2 aromatic rings. The van der Waals surface area contributed by atoms with Gasteiger partial charge in [-0.1, -0.05) is 36.4 Å². The summed E-state index contributed by atoms with van der Waals surface area (Å²) in [7, 11) is -0.0518. The van der Waals surface area contributed by atoms with Gasteiger partial charge in [0.25, 0.3) is 0 Å². The van der Waals surface area contributed by atoms with Crippen molar-refractivity contribution in [1.82, 2.24) is 9.37 Å². The second-order valence-corrected chi connectivity index (χ2v) is 8.87. The van der Waals surface area contributed by atoms with Crippen molar-refractivity contribution in [3.05, 3.63) is 58.3 Å². The van der Waals surface area contributed by atoms with Crippen LogP contribution >= 0.6 is 11.3 Å². The highest BCUT2D eigenvalue weighted by Gasteiger charge is 2.45. The Bertz CT molecular complexity index is 732. The summed E-state index contributed by atoms with van der Waals surface area (Å²) in [6.45, 7) is 0.543. The number of rotatable bonds is 5. The minimum atomic E-state index is -3.47. The van der Waals surface area contributed by atoms with Crippen LogP contribution in [0.3, 0.4) is 0 Å². The summed E-state index contributed by atoms with van der Waals surface area (Å²) in [6, 6.07) is 13.2. The number of hydroxylamine groups is 2. The maximum absolute atomic E-state index is 13.0. The molecule has 3 rings (SSSR count). The van der Waals surface area contributed by atoms with Gasteiger partial charge in [-0.05, 0) is 17.0 Å². The highest BCUT2D eigenvalue weighted by molar-refractivity contribution is 7.89. The first-order valence-electron chi connectivity index (χ1n) is 7.38. The van der Waals surface area contributed by atoms with Gasteiger partial charge in [-0.3, -0.25) is 4.84 Å². The molecule has 0 aliphatic carbocycles. The fourth-order valence-corrected chi connectivity index (χ4v) is 5.51. The van der Waals surface area contributed by atoms with Gasteiger partial charge in [-0.25, -0.2) is 12.7 Å². The number of hydrogen-bond donors (Lipinski definition) is 0. The predicted octanol–water partition coefficient (Wildman–Crippen LogP) is 2.50. The van der Waals surface area contributed by atoms with Crippen molar-refractivity contribution in [3.63, 3.8) is 0 Å². The van der Waals surface area contributed by atoms with Gasteiger partial charge < -0.3 is 0 Å². The van der Waals surface area contributed by atoms with Crippen LogP contribution in [0.4, 0.5) is 0 Å². The van der Waals surface area contributed by atoms with Crippen LogP contribution in [-0.2, 0) is 21.4 Å². The van der Waals surface area contributed by atoms with E-state index in [2.05, 4.69) is 0 Å². The molecule has 0 bridgehead atoms. The number of nitrogens with zero attached hydrogens (tertiary/aromatic N) is 2. The van der Waals surface area contributed by atoms with Gasteiger partial charge in [0.1, 0.15) is 5.25 Å². The summed E-state index contributed by atoms with van der Waals surface area (Å²) in [5.74, 6) is 0. The first kappa shape index (κ1) is 16.6. The molecular weight excluding hydrogens is 332 g/mol. The van der Waals surface area contributed by atoms with Gasteiger partial charge in [0.05, 0.1) is 12.6 Å². The van der Waals surface area contributed by atoms with E-state index in [4.69, 9.17) is 4.84 Å². The summed E-state index contributed by atoms with van der Waals surface area (Å²) >= 11 is 1.55. The Morgan fingerprint density at radius 3 is 2.65 bits per heavy atom. The molecule has 2 heterocycles. The quantitative estimate of drug-likeness (QED) is 0.830. The van der Waals surface area contributed by atoms with Crippen LogP contribution in [0.2, 0.25) is 0 Å². The second kappa shape index (κ2) is 6.70. The maximum atomic E-state index is 13.0. The van der Waals surface area contributed by atoms with Crippen LogP contribution in [0.25, 0.3) is 0 Å². The molecule has 1 saturated heterocycles. The van der Waals surface area contributed by atoms with Crippen molar-refractivity contribution in [2.24, 2.45) is 0 Å². The third kappa shape index (κ3) is 3.34. The molecule has 0 amide bonds. The SMILES string of the molecule is CN1OCC(S(=O)(=O)N(C)Cc2ccccc2)C1c1cccs1. The summed E-state index contributed by atoms with van der Waals surface area (Å²) in [6.07, 6.45) is 0. The van der Waals surface area contributed by atoms with E-state index in [0.29, 0.717) is 6.54 Å². The van der Waals surface area contributed by atoms with E-state index in [1.165, 1.54) is 4.31 Å². The lowest BCUT2D eigenvalue weighted by Gasteiger charge is -2.25. The van der Waals surface area contributed by atoms with Gasteiger partial charge in [-0.15, -0.1) is 11.3 Å². The van der Waals surface area contributed by atoms with Gasteiger partial charge in [0, 0.05) is 25.5 Å². The Kier molecular flexibility index (Phi) is 4.84. The van der Waals surface area contributed by atoms with E-state index < -0.39 is 15.3 Å². The Labute approximate surface area is 141 Å². The molecule has 1 aliphatic heterocycles. The first-order chi connectivity index (χ1) is 11.0. The largest absolute Gasteiger partial charge is 0.297 e. The van der Waals surface area contributed by atoms with Gasteiger partial charge in [0.15, 0.2) is 0 Å². The lowest BCUT2D eigenvalue weighted by atomic mass is 10.2. The van der Waals surface area contributed by atoms with Crippen LogP contribution in [0.15, 0.2) is 47.8 Å². The summed E-state index contributed by atoms with van der Waals surface area (Å²) in [5, 5.41) is 3.02. The van der Waals surface area contributed by atoms with E-state index in [0.717, 1.165) is 10.4 Å². The third-order valence-corrected chi connectivity index (χ3v) is 7.19. The average Bonchev–Trinajstić information content (AvgIpc) is 3.17. The number of thiophene rings is 1. The zero-order chi connectivity index (χ0) is 16.4. The van der Waals surface area contributed by atoms with E-state index in [-0.39, 0.29) is 12.6 Å². The van der Waals surface area contributed by atoms with E-state index in [9.17, 15) is 8.42 Å².